The topological polar surface area (TPSA) is 84.5 Å². The number of halogens is 1. The molecule has 0 atom stereocenters. The largest absolute Gasteiger partial charge is 0.493 e. The van der Waals surface area contributed by atoms with Crippen molar-refractivity contribution in [3.63, 3.8) is 0 Å². The van der Waals surface area contributed by atoms with Crippen LogP contribution in [0.1, 0.15) is 37.8 Å². The van der Waals surface area contributed by atoms with Crippen LogP contribution in [0, 0.1) is 5.82 Å². The van der Waals surface area contributed by atoms with E-state index in [9.17, 15) is 19.1 Å². The van der Waals surface area contributed by atoms with Gasteiger partial charge in [0.25, 0.3) is 0 Å². The number of benzene rings is 1. The molecular weight excluding hydrogens is 315 g/mol. The molecule has 0 unspecified atom stereocenters. The summed E-state index contributed by atoms with van der Waals surface area (Å²) in [6.45, 7) is 0. The second-order valence-corrected chi connectivity index (χ2v) is 5.73. The molecule has 0 radical (unpaired) electrons. The maximum Gasteiger partial charge on any atom is 0.335 e. The molecule has 1 aromatic carbocycles. The van der Waals surface area contributed by atoms with Crippen LogP contribution in [-0.4, -0.2) is 25.3 Å². The van der Waals surface area contributed by atoms with Gasteiger partial charge in [-0.1, -0.05) is 12.8 Å². The summed E-state index contributed by atoms with van der Waals surface area (Å²) >= 11 is 0. The molecule has 7 heteroatoms. The number of hydrogen-bond donors (Lipinski definition) is 2. The maximum atomic E-state index is 13.1. The van der Waals surface area contributed by atoms with Crippen molar-refractivity contribution in [1.82, 2.24) is 9.13 Å². The number of carbonyl (C=O) groups is 1. The van der Waals surface area contributed by atoms with Crippen LogP contribution in [0.15, 0.2) is 29.1 Å². The molecule has 2 rings (SSSR count). The van der Waals surface area contributed by atoms with Crippen molar-refractivity contribution >= 4 is 5.97 Å². The normalized spacial score (nSPS) is 10.9. The Bertz CT molecular complexity index is 762. The molecule has 24 heavy (non-hydrogen) atoms. The van der Waals surface area contributed by atoms with E-state index in [-0.39, 0.29) is 18.0 Å². The molecule has 0 amide bonds. The number of aromatic nitrogens is 2. The molecule has 0 saturated carbocycles. The second kappa shape index (κ2) is 7.81. The van der Waals surface area contributed by atoms with Gasteiger partial charge in [-0.15, -0.1) is 0 Å². The van der Waals surface area contributed by atoms with Crippen LogP contribution >= 0.6 is 0 Å². The van der Waals surface area contributed by atoms with E-state index in [0.29, 0.717) is 24.2 Å². The van der Waals surface area contributed by atoms with E-state index in [4.69, 9.17) is 5.11 Å². The Kier molecular flexibility index (Phi) is 5.78. The fourth-order valence-corrected chi connectivity index (χ4v) is 2.65. The van der Waals surface area contributed by atoms with E-state index < -0.39 is 11.8 Å². The highest BCUT2D eigenvalue weighted by Crippen LogP contribution is 2.21. The van der Waals surface area contributed by atoms with Crippen molar-refractivity contribution in [2.75, 3.05) is 0 Å². The van der Waals surface area contributed by atoms with Gasteiger partial charge in [0, 0.05) is 13.5 Å². The van der Waals surface area contributed by atoms with E-state index in [1.807, 2.05) is 0 Å². The average molecular weight is 336 g/mol. The van der Waals surface area contributed by atoms with Crippen molar-refractivity contribution in [1.29, 1.82) is 0 Å². The summed E-state index contributed by atoms with van der Waals surface area (Å²) in [6, 6.07) is 5.52. The van der Waals surface area contributed by atoms with Gasteiger partial charge in [-0.25, -0.2) is 9.18 Å². The fraction of sp³-hybridized carbons (Fsp3) is 0.412. The lowest BCUT2D eigenvalue weighted by Crippen LogP contribution is -2.21. The smallest absolute Gasteiger partial charge is 0.335 e. The van der Waals surface area contributed by atoms with Crippen molar-refractivity contribution in [2.45, 2.75) is 38.5 Å². The quantitative estimate of drug-likeness (QED) is 0.726. The summed E-state index contributed by atoms with van der Waals surface area (Å²) < 4.78 is 15.6. The third kappa shape index (κ3) is 4.04. The SMILES string of the molecule is Cn1c(O)c(CCCCCCC(=O)O)n(-c2ccc(F)cc2)c1=O. The third-order valence-corrected chi connectivity index (χ3v) is 3.96. The highest BCUT2D eigenvalue weighted by molar-refractivity contribution is 5.66. The lowest BCUT2D eigenvalue weighted by molar-refractivity contribution is -0.137. The number of carboxylic acid groups (broad SMARTS) is 1. The first-order chi connectivity index (χ1) is 11.4. The first-order valence-electron chi connectivity index (χ1n) is 7.89. The van der Waals surface area contributed by atoms with Crippen LogP contribution in [0.25, 0.3) is 5.69 Å². The number of nitrogens with zero attached hydrogens (tertiary/aromatic N) is 2. The van der Waals surface area contributed by atoms with Crippen LogP contribution in [0.4, 0.5) is 4.39 Å². The fourth-order valence-electron chi connectivity index (χ4n) is 2.65. The summed E-state index contributed by atoms with van der Waals surface area (Å²) in [5.41, 5.74) is 0.588. The molecule has 6 nitrogen and oxygen atoms in total. The number of carboxylic acids is 1. The number of hydrogen-bond acceptors (Lipinski definition) is 3. The Hall–Kier alpha value is -2.57. The van der Waals surface area contributed by atoms with Crippen molar-refractivity contribution in [3.8, 4) is 11.6 Å². The predicted molar refractivity (Wildman–Crippen MR) is 87.1 cm³/mol. The summed E-state index contributed by atoms with van der Waals surface area (Å²) in [7, 11) is 1.48. The van der Waals surface area contributed by atoms with Gasteiger partial charge in [0.2, 0.25) is 5.88 Å². The van der Waals surface area contributed by atoms with Gasteiger partial charge in [-0.2, -0.15) is 0 Å². The molecule has 0 bridgehead atoms. The van der Waals surface area contributed by atoms with Crippen molar-refractivity contribution < 1.29 is 19.4 Å². The van der Waals surface area contributed by atoms with Gasteiger partial charge >= 0.3 is 11.7 Å². The van der Waals surface area contributed by atoms with Crippen LogP contribution in [-0.2, 0) is 18.3 Å². The molecule has 1 aromatic heterocycles. The van der Waals surface area contributed by atoms with Crippen molar-refractivity contribution in [3.05, 3.63) is 46.3 Å². The molecule has 2 N–H and O–H groups in total. The highest BCUT2D eigenvalue weighted by Gasteiger charge is 2.18. The number of unbranched alkanes of at least 4 members (excludes halogenated alkanes) is 3. The zero-order valence-electron chi connectivity index (χ0n) is 13.5. The minimum Gasteiger partial charge on any atom is -0.493 e. The zero-order valence-corrected chi connectivity index (χ0v) is 13.5. The van der Waals surface area contributed by atoms with Gasteiger partial charge in [0.1, 0.15) is 5.82 Å². The predicted octanol–water partition coefficient (Wildman–Crippen LogP) is 2.60. The number of aromatic hydroxyl groups is 1. The Morgan fingerprint density at radius 1 is 1.12 bits per heavy atom. The number of imidazole rings is 1. The Morgan fingerprint density at radius 2 is 1.75 bits per heavy atom. The van der Waals surface area contributed by atoms with Crippen LogP contribution in [0.2, 0.25) is 0 Å². The van der Waals surface area contributed by atoms with Gasteiger partial charge in [-0.05, 0) is 43.5 Å². The molecule has 0 saturated heterocycles. The molecule has 0 aliphatic carbocycles. The summed E-state index contributed by atoms with van der Waals surface area (Å²) in [5, 5.41) is 18.8. The minimum atomic E-state index is -0.805. The van der Waals surface area contributed by atoms with E-state index in [2.05, 4.69) is 0 Å². The van der Waals surface area contributed by atoms with Crippen LogP contribution in [0.5, 0.6) is 5.88 Å². The number of rotatable bonds is 8. The first kappa shape index (κ1) is 17.8. The minimum absolute atomic E-state index is 0.102. The molecule has 2 aromatic rings. The summed E-state index contributed by atoms with van der Waals surface area (Å²) in [4.78, 5) is 22.8. The van der Waals surface area contributed by atoms with Crippen LogP contribution < -0.4 is 5.69 Å². The lowest BCUT2D eigenvalue weighted by Gasteiger charge is -2.07. The Labute approximate surface area is 138 Å². The van der Waals surface area contributed by atoms with E-state index in [1.54, 1.807) is 0 Å². The van der Waals surface area contributed by atoms with Gasteiger partial charge in [0.15, 0.2) is 0 Å². The number of aliphatic carboxylic acids is 1. The molecule has 0 spiro atoms. The highest BCUT2D eigenvalue weighted by atomic mass is 19.1. The first-order valence-corrected chi connectivity index (χ1v) is 7.89. The zero-order chi connectivity index (χ0) is 17.7. The summed E-state index contributed by atoms with van der Waals surface area (Å²) in [6.07, 6.45) is 3.54. The van der Waals surface area contributed by atoms with Gasteiger partial charge in [0.05, 0.1) is 11.4 Å². The van der Waals surface area contributed by atoms with E-state index >= 15 is 0 Å². The second-order valence-electron chi connectivity index (χ2n) is 5.73. The standard InChI is InChI=1S/C17H21FN2O4/c1-19-16(23)14(6-4-2-3-5-7-15(21)22)20(17(19)24)13-10-8-12(18)9-11-13/h8-11,23H,2-7H2,1H3,(H,21,22). The lowest BCUT2D eigenvalue weighted by atomic mass is 10.1. The summed E-state index contributed by atoms with van der Waals surface area (Å²) in [5.74, 6) is -1.30. The molecule has 0 aliphatic heterocycles. The molecule has 0 fully saturated rings. The molecule has 130 valence electrons. The third-order valence-electron chi connectivity index (χ3n) is 3.96. The van der Waals surface area contributed by atoms with Gasteiger partial charge < -0.3 is 10.2 Å². The van der Waals surface area contributed by atoms with E-state index in [0.717, 1.165) is 23.8 Å². The van der Waals surface area contributed by atoms with E-state index in [1.165, 1.54) is 35.9 Å². The maximum absolute atomic E-state index is 13.1. The monoisotopic (exact) mass is 336 g/mol. The molecule has 1 heterocycles. The molecule has 0 aliphatic rings. The Morgan fingerprint density at radius 3 is 2.38 bits per heavy atom. The molecular formula is C17H21FN2O4. The van der Waals surface area contributed by atoms with Gasteiger partial charge in [-0.3, -0.25) is 13.9 Å². The van der Waals surface area contributed by atoms with Crippen molar-refractivity contribution in [2.24, 2.45) is 7.05 Å². The average Bonchev–Trinajstić information content (AvgIpc) is 2.75. The van der Waals surface area contributed by atoms with Crippen LogP contribution in [0.3, 0.4) is 0 Å². The Balaban J connectivity index is 2.12.